The van der Waals surface area contributed by atoms with Crippen molar-refractivity contribution >= 4 is 87.6 Å². The summed E-state index contributed by atoms with van der Waals surface area (Å²) in [5.41, 5.74) is 14.6. The molecule has 0 N–H and O–H groups in total. The predicted molar refractivity (Wildman–Crippen MR) is 244 cm³/mol. The van der Waals surface area contributed by atoms with Gasteiger partial charge in [0.15, 0.2) is 5.58 Å². The van der Waals surface area contributed by atoms with Crippen molar-refractivity contribution in [3.63, 3.8) is 0 Å². The summed E-state index contributed by atoms with van der Waals surface area (Å²) >= 11 is 3.54. The molecule has 0 fully saturated rings. The maximum atomic E-state index is 6.83. The highest BCUT2D eigenvalue weighted by atomic mass is 32.1. The summed E-state index contributed by atoms with van der Waals surface area (Å²) in [6.07, 6.45) is 0. The van der Waals surface area contributed by atoms with Gasteiger partial charge in [0, 0.05) is 42.4 Å². The van der Waals surface area contributed by atoms with Crippen molar-refractivity contribution in [1.29, 1.82) is 0 Å². The third kappa shape index (κ3) is 4.93. The van der Waals surface area contributed by atoms with Crippen molar-refractivity contribution < 1.29 is 4.42 Å². The number of hydrogen-bond acceptors (Lipinski definition) is 5. The van der Waals surface area contributed by atoms with Crippen molar-refractivity contribution in [2.24, 2.45) is 0 Å². The molecule has 0 atom stereocenters. The standard InChI is InChI=1S/C51H34N4OS2/c1-29-20-23-42-34(26-29)35-27-30(2)21-24-43(35)55(42)48-36(50-52-38-14-6-10-18-44(38)56-50)28-37(51-53-39-15-7-11-19-45(39)58-51)49(47(48)46-25-22-31(3)57-46)54-40-16-8-4-12-32(40)33-13-5-9-17-41(33)54/h4-28H,1-3H3. The van der Waals surface area contributed by atoms with Crippen molar-refractivity contribution in [2.45, 2.75) is 20.8 Å². The van der Waals surface area contributed by atoms with E-state index in [0.29, 0.717) is 5.89 Å². The van der Waals surface area contributed by atoms with Crippen LogP contribution in [0.15, 0.2) is 156 Å². The number of benzene rings is 7. The number of thiazole rings is 1. The molecule has 7 aromatic carbocycles. The van der Waals surface area contributed by atoms with E-state index in [1.807, 2.05) is 35.6 Å². The Bertz CT molecular complexity index is 3450. The minimum atomic E-state index is 0.566. The van der Waals surface area contributed by atoms with Gasteiger partial charge in [-0.15, -0.1) is 22.7 Å². The molecule has 5 heterocycles. The number of hydrogen-bond donors (Lipinski definition) is 0. The second-order valence-corrected chi connectivity index (χ2v) is 17.5. The quantitative estimate of drug-likeness (QED) is 0.175. The smallest absolute Gasteiger partial charge is 0.229 e. The molecule has 58 heavy (non-hydrogen) atoms. The van der Waals surface area contributed by atoms with Gasteiger partial charge in [-0.3, -0.25) is 0 Å². The largest absolute Gasteiger partial charge is 0.436 e. The number of aryl methyl sites for hydroxylation is 3. The van der Waals surface area contributed by atoms with Crippen LogP contribution in [0.3, 0.4) is 0 Å². The normalized spacial score (nSPS) is 12.1. The molecule has 0 saturated carbocycles. The molecular weight excluding hydrogens is 749 g/mol. The number of nitrogens with zero attached hydrogens (tertiary/aromatic N) is 4. The summed E-state index contributed by atoms with van der Waals surface area (Å²) in [5.74, 6) is 0.566. The van der Waals surface area contributed by atoms with Gasteiger partial charge in [0.25, 0.3) is 0 Å². The van der Waals surface area contributed by atoms with Crippen LogP contribution < -0.4 is 0 Å². The Labute approximate surface area is 341 Å². The van der Waals surface area contributed by atoms with Gasteiger partial charge < -0.3 is 13.6 Å². The van der Waals surface area contributed by atoms with E-state index in [-0.39, 0.29) is 0 Å². The second-order valence-electron chi connectivity index (χ2n) is 15.2. The lowest BCUT2D eigenvalue weighted by Gasteiger charge is -2.24. The van der Waals surface area contributed by atoms with Crippen LogP contribution >= 0.6 is 22.7 Å². The summed E-state index contributed by atoms with van der Waals surface area (Å²) in [4.78, 5) is 13.0. The van der Waals surface area contributed by atoms with Crippen LogP contribution in [0.5, 0.6) is 0 Å². The van der Waals surface area contributed by atoms with Gasteiger partial charge in [0.2, 0.25) is 5.89 Å². The van der Waals surface area contributed by atoms with Crippen molar-refractivity contribution in [1.82, 2.24) is 19.1 Å². The van der Waals surface area contributed by atoms with E-state index in [9.17, 15) is 0 Å². The Kier molecular flexibility index (Phi) is 7.25. The number of oxazole rings is 1. The third-order valence-corrected chi connectivity index (χ3v) is 13.5. The number of para-hydroxylation sites is 5. The van der Waals surface area contributed by atoms with Gasteiger partial charge in [-0.1, -0.05) is 83.9 Å². The van der Waals surface area contributed by atoms with Crippen LogP contribution in [0.2, 0.25) is 0 Å². The van der Waals surface area contributed by atoms with Gasteiger partial charge in [0.1, 0.15) is 10.5 Å². The van der Waals surface area contributed by atoms with Crippen LogP contribution in [0.25, 0.3) is 109 Å². The SMILES string of the molecule is Cc1ccc2c(c1)c1cc(C)ccc1n2-c1c(-c2nc3ccccc3o2)cc(-c2nc3ccccc3s2)c(-n2c3ccccc3c3ccccc32)c1-c1ccc(C)s1. The van der Waals surface area contributed by atoms with E-state index in [4.69, 9.17) is 14.4 Å². The molecule has 0 saturated heterocycles. The van der Waals surface area contributed by atoms with E-state index in [1.165, 1.54) is 37.5 Å². The first-order valence-corrected chi connectivity index (χ1v) is 21.1. The molecule has 12 aromatic rings. The van der Waals surface area contributed by atoms with Crippen molar-refractivity contribution in [3.05, 3.63) is 168 Å². The molecule has 0 aliphatic rings. The van der Waals surface area contributed by atoms with E-state index in [1.54, 1.807) is 11.3 Å². The van der Waals surface area contributed by atoms with E-state index < -0.39 is 0 Å². The topological polar surface area (TPSA) is 48.8 Å². The monoisotopic (exact) mass is 782 g/mol. The van der Waals surface area contributed by atoms with Crippen LogP contribution in [0, 0.1) is 20.8 Å². The summed E-state index contributed by atoms with van der Waals surface area (Å²) < 4.78 is 12.9. The minimum absolute atomic E-state index is 0.566. The third-order valence-electron chi connectivity index (χ3n) is 11.4. The minimum Gasteiger partial charge on any atom is -0.436 e. The van der Waals surface area contributed by atoms with Crippen LogP contribution in [0.1, 0.15) is 16.0 Å². The average molecular weight is 783 g/mol. The molecule has 5 nitrogen and oxygen atoms in total. The Balaban J connectivity index is 1.37. The lowest BCUT2D eigenvalue weighted by molar-refractivity contribution is 0.619. The highest BCUT2D eigenvalue weighted by Gasteiger charge is 2.31. The number of rotatable bonds is 5. The number of thiophene rings is 1. The summed E-state index contributed by atoms with van der Waals surface area (Å²) in [7, 11) is 0. The first-order valence-electron chi connectivity index (χ1n) is 19.5. The molecule has 0 aliphatic carbocycles. The second kappa shape index (κ2) is 12.6. The molecule has 276 valence electrons. The molecule has 7 heteroatoms. The summed E-state index contributed by atoms with van der Waals surface area (Å²) in [6, 6.07) is 54.5. The maximum absolute atomic E-state index is 6.83. The van der Waals surface area contributed by atoms with E-state index in [0.717, 1.165) is 81.3 Å². The van der Waals surface area contributed by atoms with Crippen molar-refractivity contribution in [2.75, 3.05) is 0 Å². The lowest BCUT2D eigenvalue weighted by atomic mass is 9.96. The summed E-state index contributed by atoms with van der Waals surface area (Å²) in [5, 5.41) is 5.77. The van der Waals surface area contributed by atoms with Crippen LogP contribution in [0.4, 0.5) is 0 Å². The molecular formula is C51H34N4OS2. The molecule has 5 aromatic heterocycles. The highest BCUT2D eigenvalue weighted by molar-refractivity contribution is 7.21. The fourth-order valence-electron chi connectivity index (χ4n) is 8.89. The zero-order valence-corrected chi connectivity index (χ0v) is 33.6. The van der Waals surface area contributed by atoms with Gasteiger partial charge >= 0.3 is 0 Å². The van der Waals surface area contributed by atoms with Gasteiger partial charge in [0.05, 0.1) is 49.2 Å². The molecule has 0 unspecified atom stereocenters. The molecule has 0 radical (unpaired) electrons. The molecule has 0 amide bonds. The molecule has 0 bridgehead atoms. The lowest BCUT2D eigenvalue weighted by Crippen LogP contribution is -2.07. The number of fused-ring (bicyclic) bond motifs is 8. The van der Waals surface area contributed by atoms with Crippen molar-refractivity contribution in [3.8, 4) is 43.8 Å². The first kappa shape index (κ1) is 33.4. The van der Waals surface area contributed by atoms with Crippen LogP contribution in [-0.2, 0) is 0 Å². The fraction of sp³-hybridized carbons (Fsp3) is 0.0588. The Morgan fingerprint density at radius 1 is 0.483 bits per heavy atom. The molecule has 0 spiro atoms. The van der Waals surface area contributed by atoms with E-state index in [2.05, 4.69) is 157 Å². The molecule has 12 rings (SSSR count). The predicted octanol–water partition coefficient (Wildman–Crippen LogP) is 14.6. The summed E-state index contributed by atoms with van der Waals surface area (Å²) in [6.45, 7) is 6.55. The van der Waals surface area contributed by atoms with E-state index >= 15 is 0 Å². The Morgan fingerprint density at radius 2 is 1.07 bits per heavy atom. The van der Waals surface area contributed by atoms with Crippen LogP contribution in [-0.4, -0.2) is 19.1 Å². The zero-order valence-electron chi connectivity index (χ0n) is 31.9. The zero-order chi connectivity index (χ0) is 38.6. The maximum Gasteiger partial charge on any atom is 0.229 e. The average Bonchev–Trinajstić information content (AvgIpc) is 4.08. The number of aromatic nitrogens is 4. The Morgan fingerprint density at radius 3 is 1.71 bits per heavy atom. The van der Waals surface area contributed by atoms with Gasteiger partial charge in [-0.2, -0.15) is 0 Å². The fourth-order valence-corrected chi connectivity index (χ4v) is 10.8. The molecule has 0 aliphatic heterocycles. The highest BCUT2D eigenvalue weighted by Crippen LogP contribution is 2.52. The Hall–Kier alpha value is -6.80. The van der Waals surface area contributed by atoms with Gasteiger partial charge in [-0.05, 0) is 99.6 Å². The first-order chi connectivity index (χ1) is 28.5. The van der Waals surface area contributed by atoms with Gasteiger partial charge in [-0.25, -0.2) is 9.97 Å².